The van der Waals surface area contributed by atoms with Gasteiger partial charge in [0.25, 0.3) is 0 Å². The van der Waals surface area contributed by atoms with Crippen molar-refractivity contribution in [3.05, 3.63) is 17.5 Å². The number of nitrogens with zero attached hydrogens (tertiary/aromatic N) is 2. The van der Waals surface area contributed by atoms with Gasteiger partial charge in [0.2, 0.25) is 0 Å². The Hall–Kier alpha value is -1.08. The molecule has 16 heavy (non-hydrogen) atoms. The topological polar surface area (TPSA) is 55.9 Å². The quantitative estimate of drug-likeness (QED) is 0.616. The Kier molecular flexibility index (Phi) is 3.93. The highest BCUT2D eigenvalue weighted by molar-refractivity contribution is 5.19. The van der Waals surface area contributed by atoms with Gasteiger partial charge in [-0.15, -0.1) is 0 Å². The molecule has 1 unspecified atom stereocenters. The molecule has 0 saturated carbocycles. The molecule has 0 fully saturated rings. The highest BCUT2D eigenvalue weighted by atomic mass is 19.4. The second-order valence-electron chi connectivity index (χ2n) is 3.72. The van der Waals surface area contributed by atoms with E-state index in [1.807, 2.05) is 0 Å². The van der Waals surface area contributed by atoms with Crippen LogP contribution in [0.1, 0.15) is 30.1 Å². The third-order valence-electron chi connectivity index (χ3n) is 2.34. The van der Waals surface area contributed by atoms with Gasteiger partial charge in [-0.1, -0.05) is 0 Å². The van der Waals surface area contributed by atoms with Gasteiger partial charge in [-0.3, -0.25) is 16.0 Å². The van der Waals surface area contributed by atoms with E-state index in [4.69, 9.17) is 5.84 Å². The van der Waals surface area contributed by atoms with Gasteiger partial charge in [0.1, 0.15) is 0 Å². The molecule has 0 aliphatic heterocycles. The number of nitrogens with two attached hydrogens (primary N) is 1. The predicted molar refractivity (Wildman–Crippen MR) is 53.3 cm³/mol. The first-order valence-corrected chi connectivity index (χ1v) is 4.86. The summed E-state index contributed by atoms with van der Waals surface area (Å²) in [6.07, 6.45) is -3.44. The van der Waals surface area contributed by atoms with Crippen molar-refractivity contribution in [2.24, 2.45) is 12.9 Å². The molecule has 92 valence electrons. The van der Waals surface area contributed by atoms with Crippen molar-refractivity contribution >= 4 is 0 Å². The van der Waals surface area contributed by atoms with Crippen molar-refractivity contribution in [2.45, 2.75) is 32.0 Å². The maximum atomic E-state index is 12.1. The molecule has 0 aliphatic rings. The minimum absolute atomic E-state index is 0.0907. The molecule has 0 bridgehead atoms. The number of aryl methyl sites for hydroxylation is 2. The summed E-state index contributed by atoms with van der Waals surface area (Å²) in [6.45, 7) is 1.74. The van der Waals surface area contributed by atoms with Crippen molar-refractivity contribution in [3.8, 4) is 0 Å². The average Bonchev–Trinajstić information content (AvgIpc) is 2.45. The molecular formula is C9H15F3N4. The first-order chi connectivity index (χ1) is 7.33. The highest BCUT2D eigenvalue weighted by Crippen LogP contribution is 2.28. The van der Waals surface area contributed by atoms with Crippen LogP contribution in [0.3, 0.4) is 0 Å². The number of aromatic nitrogens is 2. The summed E-state index contributed by atoms with van der Waals surface area (Å²) >= 11 is 0. The van der Waals surface area contributed by atoms with Gasteiger partial charge in [0.05, 0.1) is 5.69 Å². The molecular weight excluding hydrogens is 221 g/mol. The second kappa shape index (κ2) is 4.84. The van der Waals surface area contributed by atoms with Gasteiger partial charge in [-0.05, 0) is 13.3 Å². The highest BCUT2D eigenvalue weighted by Gasteiger charge is 2.29. The van der Waals surface area contributed by atoms with Crippen LogP contribution < -0.4 is 11.3 Å². The summed E-state index contributed by atoms with van der Waals surface area (Å²) in [4.78, 5) is 0. The van der Waals surface area contributed by atoms with Gasteiger partial charge in [0.15, 0.2) is 0 Å². The molecule has 0 aromatic carbocycles. The third kappa shape index (κ3) is 3.49. The maximum absolute atomic E-state index is 12.1. The standard InChI is InChI=1S/C9H15F3N4/c1-6-7(5-16(2)15-6)8(14-13)3-4-9(10,11)12/h5,8,14H,3-4,13H2,1-2H3. The Labute approximate surface area is 91.6 Å². The molecule has 1 aromatic heterocycles. The number of alkyl halides is 3. The van der Waals surface area contributed by atoms with E-state index in [9.17, 15) is 13.2 Å². The molecule has 7 heteroatoms. The minimum Gasteiger partial charge on any atom is -0.275 e. The van der Waals surface area contributed by atoms with Gasteiger partial charge < -0.3 is 0 Å². The molecule has 1 rings (SSSR count). The van der Waals surface area contributed by atoms with Gasteiger partial charge in [-0.2, -0.15) is 18.3 Å². The molecule has 1 atom stereocenters. The van der Waals surface area contributed by atoms with Crippen molar-refractivity contribution in [1.82, 2.24) is 15.2 Å². The zero-order chi connectivity index (χ0) is 12.3. The summed E-state index contributed by atoms with van der Waals surface area (Å²) in [7, 11) is 1.72. The molecule has 1 aromatic rings. The van der Waals surface area contributed by atoms with E-state index in [1.165, 1.54) is 0 Å². The Morgan fingerprint density at radius 2 is 2.19 bits per heavy atom. The number of hydrogen-bond donors (Lipinski definition) is 2. The predicted octanol–water partition coefficient (Wildman–Crippen LogP) is 1.58. The maximum Gasteiger partial charge on any atom is 0.389 e. The lowest BCUT2D eigenvalue weighted by atomic mass is 10.0. The lowest BCUT2D eigenvalue weighted by Gasteiger charge is -2.16. The summed E-state index contributed by atoms with van der Waals surface area (Å²) in [5.41, 5.74) is 3.78. The van der Waals surface area contributed by atoms with Crippen LogP contribution in [0.5, 0.6) is 0 Å². The Morgan fingerprint density at radius 1 is 1.56 bits per heavy atom. The summed E-state index contributed by atoms with van der Waals surface area (Å²) < 4.78 is 37.8. The fourth-order valence-corrected chi connectivity index (χ4v) is 1.60. The molecule has 3 N–H and O–H groups in total. The van der Waals surface area contributed by atoms with Crippen LogP contribution >= 0.6 is 0 Å². The van der Waals surface area contributed by atoms with Gasteiger partial charge in [-0.25, -0.2) is 0 Å². The summed E-state index contributed by atoms with van der Waals surface area (Å²) in [6, 6.07) is -0.518. The SMILES string of the molecule is Cc1nn(C)cc1C(CCC(F)(F)F)NN. The molecule has 0 amide bonds. The zero-order valence-corrected chi connectivity index (χ0v) is 9.17. The van der Waals surface area contributed by atoms with Crippen molar-refractivity contribution in [2.75, 3.05) is 0 Å². The van der Waals surface area contributed by atoms with E-state index in [0.717, 1.165) is 0 Å². The average molecular weight is 236 g/mol. The van der Waals surface area contributed by atoms with Crippen LogP contribution in [-0.2, 0) is 7.05 Å². The summed E-state index contributed by atoms with van der Waals surface area (Å²) in [5, 5.41) is 4.06. The van der Waals surface area contributed by atoms with Crippen LogP contribution in [0.15, 0.2) is 6.20 Å². The second-order valence-corrected chi connectivity index (χ2v) is 3.72. The Bertz CT molecular complexity index is 345. The normalized spacial score (nSPS) is 14.1. The fourth-order valence-electron chi connectivity index (χ4n) is 1.60. The molecule has 0 radical (unpaired) electrons. The van der Waals surface area contributed by atoms with Crippen LogP contribution in [0.4, 0.5) is 13.2 Å². The van der Waals surface area contributed by atoms with E-state index < -0.39 is 18.6 Å². The van der Waals surface area contributed by atoms with Gasteiger partial charge in [0, 0.05) is 31.3 Å². The molecule has 4 nitrogen and oxygen atoms in total. The minimum atomic E-state index is -4.16. The van der Waals surface area contributed by atoms with E-state index in [1.54, 1.807) is 24.9 Å². The van der Waals surface area contributed by atoms with E-state index in [0.29, 0.717) is 11.3 Å². The van der Waals surface area contributed by atoms with Crippen molar-refractivity contribution in [3.63, 3.8) is 0 Å². The molecule has 1 heterocycles. The molecule has 0 saturated heterocycles. The number of halogens is 3. The van der Waals surface area contributed by atoms with Crippen molar-refractivity contribution in [1.29, 1.82) is 0 Å². The smallest absolute Gasteiger partial charge is 0.275 e. The number of rotatable bonds is 4. The monoisotopic (exact) mass is 236 g/mol. The van der Waals surface area contributed by atoms with Crippen LogP contribution in [0.25, 0.3) is 0 Å². The van der Waals surface area contributed by atoms with E-state index in [2.05, 4.69) is 10.5 Å². The largest absolute Gasteiger partial charge is 0.389 e. The summed E-state index contributed by atoms with van der Waals surface area (Å²) in [5.74, 6) is 5.26. The third-order valence-corrected chi connectivity index (χ3v) is 2.34. The lowest BCUT2D eigenvalue weighted by molar-refractivity contribution is -0.136. The van der Waals surface area contributed by atoms with E-state index >= 15 is 0 Å². The number of hydrazine groups is 1. The van der Waals surface area contributed by atoms with Crippen LogP contribution in [0.2, 0.25) is 0 Å². The number of nitrogens with one attached hydrogen (secondary N) is 1. The van der Waals surface area contributed by atoms with Crippen LogP contribution in [0, 0.1) is 6.92 Å². The Balaban J connectivity index is 2.71. The first-order valence-electron chi connectivity index (χ1n) is 4.86. The van der Waals surface area contributed by atoms with E-state index in [-0.39, 0.29) is 6.42 Å². The fraction of sp³-hybridized carbons (Fsp3) is 0.667. The molecule has 0 aliphatic carbocycles. The van der Waals surface area contributed by atoms with Gasteiger partial charge >= 0.3 is 6.18 Å². The first kappa shape index (κ1) is 13.0. The van der Waals surface area contributed by atoms with Crippen LogP contribution in [-0.4, -0.2) is 16.0 Å². The lowest BCUT2D eigenvalue weighted by Crippen LogP contribution is -2.29. The number of hydrogen-bond acceptors (Lipinski definition) is 3. The molecule has 0 spiro atoms. The zero-order valence-electron chi connectivity index (χ0n) is 9.17. The van der Waals surface area contributed by atoms with Crippen molar-refractivity contribution < 1.29 is 13.2 Å². The Morgan fingerprint density at radius 3 is 2.56 bits per heavy atom.